The molecule has 2 atom stereocenters. The first-order chi connectivity index (χ1) is 9.43. The summed E-state index contributed by atoms with van der Waals surface area (Å²) in [6.45, 7) is 2.65. The maximum atomic E-state index is 12.6. The Labute approximate surface area is 118 Å². The Bertz CT molecular complexity index is 543. The van der Waals surface area contributed by atoms with Crippen LogP contribution in [0.1, 0.15) is 36.9 Å². The zero-order valence-corrected chi connectivity index (χ0v) is 12.2. The second-order valence-electron chi connectivity index (χ2n) is 5.17. The molecule has 1 aromatic carbocycles. The Kier molecular flexibility index (Phi) is 4.75. The van der Waals surface area contributed by atoms with E-state index in [0.29, 0.717) is 13.0 Å². The highest BCUT2D eigenvalue weighted by Gasteiger charge is 2.34. The minimum atomic E-state index is -2.95. The Morgan fingerprint density at radius 3 is 2.30 bits per heavy atom. The number of nitrogens with one attached hydrogen (secondary N) is 1. The van der Waals surface area contributed by atoms with E-state index in [-0.39, 0.29) is 29.0 Å². The Balaban J connectivity index is 2.20. The lowest BCUT2D eigenvalue weighted by Gasteiger charge is -2.24. The molecule has 2 unspecified atom stereocenters. The van der Waals surface area contributed by atoms with Crippen molar-refractivity contribution in [2.24, 2.45) is 5.92 Å². The molecule has 6 heteroatoms. The molecular weight excluding hydrogens is 284 g/mol. The molecule has 1 fully saturated rings. The van der Waals surface area contributed by atoms with Gasteiger partial charge in [0.25, 0.3) is 6.43 Å². The van der Waals surface area contributed by atoms with E-state index in [2.05, 4.69) is 5.32 Å². The summed E-state index contributed by atoms with van der Waals surface area (Å²) in [5, 5.41) is 3.28. The third-order valence-corrected chi connectivity index (χ3v) is 5.50. The van der Waals surface area contributed by atoms with E-state index in [1.54, 1.807) is 12.1 Å². The molecule has 0 spiro atoms. The second-order valence-corrected chi connectivity index (χ2v) is 7.39. The fraction of sp³-hybridized carbons (Fsp3) is 0.571. The van der Waals surface area contributed by atoms with Crippen molar-refractivity contribution in [1.82, 2.24) is 5.32 Å². The summed E-state index contributed by atoms with van der Waals surface area (Å²) in [5.74, 6) is 0.396. The number of rotatable bonds is 5. The van der Waals surface area contributed by atoms with Crippen LogP contribution in [0.2, 0.25) is 0 Å². The summed E-state index contributed by atoms with van der Waals surface area (Å²) in [5.41, 5.74) is 0.862. The van der Waals surface area contributed by atoms with E-state index in [9.17, 15) is 17.2 Å². The summed E-state index contributed by atoms with van der Waals surface area (Å²) in [7, 11) is -2.95. The van der Waals surface area contributed by atoms with Gasteiger partial charge in [-0.15, -0.1) is 0 Å². The molecule has 2 rings (SSSR count). The van der Waals surface area contributed by atoms with E-state index in [1.165, 1.54) is 12.1 Å². The van der Waals surface area contributed by atoms with Gasteiger partial charge in [0.15, 0.2) is 9.84 Å². The van der Waals surface area contributed by atoms with Crippen molar-refractivity contribution in [3.05, 3.63) is 35.4 Å². The molecule has 1 N–H and O–H groups in total. The van der Waals surface area contributed by atoms with Gasteiger partial charge in [0.2, 0.25) is 0 Å². The van der Waals surface area contributed by atoms with E-state index in [4.69, 9.17) is 0 Å². The lowest BCUT2D eigenvalue weighted by Crippen LogP contribution is -2.29. The topological polar surface area (TPSA) is 46.2 Å². The fourth-order valence-corrected chi connectivity index (χ4v) is 4.55. The van der Waals surface area contributed by atoms with Crippen LogP contribution in [0.15, 0.2) is 24.3 Å². The Morgan fingerprint density at radius 1 is 1.25 bits per heavy atom. The Morgan fingerprint density at radius 2 is 1.85 bits per heavy atom. The molecule has 1 aromatic rings. The lowest BCUT2D eigenvalue weighted by atomic mass is 9.92. The van der Waals surface area contributed by atoms with Crippen LogP contribution in [-0.4, -0.2) is 26.5 Å². The van der Waals surface area contributed by atoms with Crippen molar-refractivity contribution < 1.29 is 17.2 Å². The zero-order chi connectivity index (χ0) is 14.8. The van der Waals surface area contributed by atoms with Crippen LogP contribution in [0.5, 0.6) is 0 Å². The van der Waals surface area contributed by atoms with Crippen molar-refractivity contribution in [3.8, 4) is 0 Å². The number of alkyl halides is 2. The van der Waals surface area contributed by atoms with Crippen molar-refractivity contribution >= 4 is 9.84 Å². The van der Waals surface area contributed by atoms with Crippen LogP contribution in [0, 0.1) is 5.92 Å². The average molecular weight is 303 g/mol. The molecular formula is C14H19F2NO2S. The molecule has 0 aliphatic carbocycles. The molecule has 1 aliphatic heterocycles. The van der Waals surface area contributed by atoms with Gasteiger partial charge >= 0.3 is 0 Å². The van der Waals surface area contributed by atoms with Crippen molar-refractivity contribution in [2.75, 3.05) is 18.1 Å². The van der Waals surface area contributed by atoms with Gasteiger partial charge in [0.1, 0.15) is 0 Å². The predicted octanol–water partition coefficient (Wildman–Crippen LogP) is 2.71. The molecule has 0 aromatic heterocycles. The first-order valence-electron chi connectivity index (χ1n) is 6.75. The van der Waals surface area contributed by atoms with Crippen LogP contribution in [0.3, 0.4) is 0 Å². The second kappa shape index (κ2) is 6.18. The smallest absolute Gasteiger partial charge is 0.263 e. The number of sulfone groups is 1. The monoisotopic (exact) mass is 303 g/mol. The number of halogens is 2. The van der Waals surface area contributed by atoms with Crippen LogP contribution in [0.25, 0.3) is 0 Å². The molecule has 1 saturated heterocycles. The highest BCUT2D eigenvalue weighted by molar-refractivity contribution is 7.91. The van der Waals surface area contributed by atoms with Gasteiger partial charge in [0, 0.05) is 11.6 Å². The summed E-state index contributed by atoms with van der Waals surface area (Å²) in [6, 6.07) is 6.06. The minimum absolute atomic E-state index is 0.0111. The van der Waals surface area contributed by atoms with Gasteiger partial charge < -0.3 is 5.32 Å². The molecule has 0 amide bonds. The van der Waals surface area contributed by atoms with E-state index in [1.807, 2.05) is 6.92 Å². The molecule has 0 bridgehead atoms. The predicted molar refractivity (Wildman–Crippen MR) is 74.6 cm³/mol. The standard InChI is InChI=1S/C14H19F2NO2S/c1-2-17-13(12-7-8-20(18,19)9-12)10-3-5-11(6-4-10)14(15)16/h3-6,12-14,17H,2,7-9H2,1H3. The highest BCUT2D eigenvalue weighted by atomic mass is 32.2. The van der Waals surface area contributed by atoms with Gasteiger partial charge in [-0.2, -0.15) is 0 Å². The third-order valence-electron chi connectivity index (χ3n) is 3.71. The average Bonchev–Trinajstić information content (AvgIpc) is 2.76. The van der Waals surface area contributed by atoms with E-state index < -0.39 is 16.3 Å². The Hall–Kier alpha value is -1.01. The lowest BCUT2D eigenvalue weighted by molar-refractivity contribution is 0.151. The van der Waals surface area contributed by atoms with E-state index >= 15 is 0 Å². The van der Waals surface area contributed by atoms with Gasteiger partial charge in [-0.25, -0.2) is 17.2 Å². The molecule has 1 aliphatic rings. The minimum Gasteiger partial charge on any atom is -0.310 e. The molecule has 0 radical (unpaired) electrons. The maximum absolute atomic E-state index is 12.6. The molecule has 0 saturated carbocycles. The van der Waals surface area contributed by atoms with Gasteiger partial charge in [-0.05, 0) is 24.4 Å². The number of benzene rings is 1. The molecule has 3 nitrogen and oxygen atoms in total. The first-order valence-corrected chi connectivity index (χ1v) is 8.57. The summed E-state index contributed by atoms with van der Waals surface area (Å²) in [4.78, 5) is 0. The van der Waals surface area contributed by atoms with Gasteiger partial charge in [-0.3, -0.25) is 0 Å². The maximum Gasteiger partial charge on any atom is 0.263 e. The van der Waals surface area contributed by atoms with Gasteiger partial charge in [0.05, 0.1) is 11.5 Å². The summed E-state index contributed by atoms with van der Waals surface area (Å²) >= 11 is 0. The zero-order valence-electron chi connectivity index (χ0n) is 11.4. The van der Waals surface area contributed by atoms with Crippen LogP contribution in [-0.2, 0) is 9.84 Å². The molecule has 20 heavy (non-hydrogen) atoms. The van der Waals surface area contributed by atoms with Crippen molar-refractivity contribution in [2.45, 2.75) is 25.8 Å². The number of hydrogen-bond donors (Lipinski definition) is 1. The van der Waals surface area contributed by atoms with Crippen LogP contribution >= 0.6 is 0 Å². The van der Waals surface area contributed by atoms with E-state index in [0.717, 1.165) is 5.56 Å². The number of hydrogen-bond acceptors (Lipinski definition) is 3. The van der Waals surface area contributed by atoms with Crippen molar-refractivity contribution in [3.63, 3.8) is 0 Å². The summed E-state index contributed by atoms with van der Waals surface area (Å²) < 4.78 is 48.3. The first kappa shape index (κ1) is 15.4. The summed E-state index contributed by atoms with van der Waals surface area (Å²) in [6.07, 6.45) is -1.86. The largest absolute Gasteiger partial charge is 0.310 e. The van der Waals surface area contributed by atoms with Crippen LogP contribution in [0.4, 0.5) is 8.78 Å². The van der Waals surface area contributed by atoms with Crippen LogP contribution < -0.4 is 5.32 Å². The fourth-order valence-electron chi connectivity index (χ4n) is 2.71. The SMILES string of the molecule is CCNC(c1ccc(C(F)F)cc1)C1CCS(=O)(=O)C1. The van der Waals surface area contributed by atoms with Gasteiger partial charge in [-0.1, -0.05) is 31.2 Å². The third kappa shape index (κ3) is 3.55. The normalized spacial score (nSPS) is 23.1. The molecule has 112 valence electrons. The highest BCUT2D eigenvalue weighted by Crippen LogP contribution is 2.32. The quantitative estimate of drug-likeness (QED) is 0.910. The molecule has 1 heterocycles. The van der Waals surface area contributed by atoms with Crippen molar-refractivity contribution in [1.29, 1.82) is 0 Å².